The van der Waals surface area contributed by atoms with Crippen LogP contribution >= 0.6 is 11.6 Å². The van der Waals surface area contributed by atoms with Crippen LogP contribution in [0.2, 0.25) is 5.02 Å². The molecule has 0 radical (unpaired) electrons. The summed E-state index contributed by atoms with van der Waals surface area (Å²) in [7, 11) is 0. The number of hydrogen-bond acceptors (Lipinski definition) is 4. The summed E-state index contributed by atoms with van der Waals surface area (Å²) in [6.45, 7) is 0.589. The molecule has 0 spiro atoms. The lowest BCUT2D eigenvalue weighted by Gasteiger charge is -2.29. The normalized spacial score (nSPS) is 20.1. The molecule has 0 aromatic heterocycles. The molecule has 1 N–H and O–H groups in total. The van der Waals surface area contributed by atoms with Crippen molar-refractivity contribution in [2.45, 2.75) is 38.5 Å². The summed E-state index contributed by atoms with van der Waals surface area (Å²) in [5.41, 5.74) is 2.60. The fraction of sp³-hybridized carbons (Fsp3) is 0.273. The Balaban J connectivity index is 1.36. The average molecular weight is 442 g/mol. The fourth-order valence-electron chi connectivity index (χ4n) is 4.46. The highest BCUT2D eigenvalue weighted by molar-refractivity contribution is 6.30. The van der Waals surface area contributed by atoms with Crippen LogP contribution < -0.4 is 5.32 Å². The number of halogens is 2. The second-order valence-corrected chi connectivity index (χ2v) is 8.39. The molecule has 158 valence electrons. The van der Waals surface area contributed by atoms with Crippen LogP contribution in [0.4, 0.5) is 4.39 Å². The van der Waals surface area contributed by atoms with E-state index in [1.165, 1.54) is 15.9 Å². The Kier molecular flexibility index (Phi) is 4.55. The third-order valence-electron chi connectivity index (χ3n) is 6.02. The molecule has 4 amide bonds. The van der Waals surface area contributed by atoms with E-state index < -0.39 is 17.8 Å². The van der Waals surface area contributed by atoms with E-state index in [-0.39, 0.29) is 55.2 Å². The minimum Gasteiger partial charge on any atom is -0.330 e. The highest BCUT2D eigenvalue weighted by Crippen LogP contribution is 2.32. The largest absolute Gasteiger partial charge is 0.330 e. The van der Waals surface area contributed by atoms with Crippen LogP contribution in [0.5, 0.6) is 0 Å². The van der Waals surface area contributed by atoms with E-state index in [4.69, 9.17) is 11.6 Å². The van der Waals surface area contributed by atoms with E-state index in [1.54, 1.807) is 24.3 Å². The van der Waals surface area contributed by atoms with Gasteiger partial charge in [-0.1, -0.05) is 11.6 Å². The van der Waals surface area contributed by atoms with Crippen molar-refractivity contribution in [3.8, 4) is 0 Å². The Morgan fingerprint density at radius 1 is 1.06 bits per heavy atom. The summed E-state index contributed by atoms with van der Waals surface area (Å²) in [6.07, 6.45) is 0.451. The standard InChI is InChI=1S/C22H17ClFN3O4/c23-14-6-13-8-26(10-16(13)17(24)7-14)21(30)11-1-2-15-12(5-11)9-27(22(15)31)18-3-4-19(28)25-20(18)29/h1-2,5-7,18H,3-4,8-10H2,(H,25,28,29). The predicted molar refractivity (Wildman–Crippen MR) is 107 cm³/mol. The van der Waals surface area contributed by atoms with Crippen molar-refractivity contribution in [2.75, 3.05) is 0 Å². The number of carbonyl (C=O) groups is 4. The number of benzene rings is 2. The zero-order chi connectivity index (χ0) is 21.9. The molecule has 7 nitrogen and oxygen atoms in total. The van der Waals surface area contributed by atoms with Crippen molar-refractivity contribution in [2.24, 2.45) is 0 Å². The molecule has 9 heteroatoms. The number of nitrogens with zero attached hydrogens (tertiary/aromatic N) is 2. The van der Waals surface area contributed by atoms with Crippen LogP contribution in [0, 0.1) is 5.82 Å². The number of imide groups is 1. The molecule has 1 fully saturated rings. The van der Waals surface area contributed by atoms with Gasteiger partial charge in [-0.2, -0.15) is 0 Å². The lowest BCUT2D eigenvalue weighted by Crippen LogP contribution is -2.52. The fourth-order valence-corrected chi connectivity index (χ4v) is 4.69. The number of fused-ring (bicyclic) bond motifs is 2. The molecule has 3 heterocycles. The molecular weight excluding hydrogens is 425 g/mol. The number of hydrogen-bond donors (Lipinski definition) is 1. The van der Waals surface area contributed by atoms with Gasteiger partial charge in [0.25, 0.3) is 11.8 Å². The molecule has 0 saturated carbocycles. The smallest absolute Gasteiger partial charge is 0.255 e. The third-order valence-corrected chi connectivity index (χ3v) is 6.24. The maximum atomic E-state index is 14.2. The molecule has 3 aliphatic rings. The van der Waals surface area contributed by atoms with E-state index in [9.17, 15) is 23.6 Å². The van der Waals surface area contributed by atoms with Gasteiger partial charge in [-0.15, -0.1) is 0 Å². The second-order valence-electron chi connectivity index (χ2n) is 7.96. The average Bonchev–Trinajstić information content (AvgIpc) is 3.29. The highest BCUT2D eigenvalue weighted by atomic mass is 35.5. The van der Waals surface area contributed by atoms with E-state index in [0.717, 1.165) is 0 Å². The minimum atomic E-state index is -0.711. The van der Waals surface area contributed by atoms with E-state index in [2.05, 4.69) is 5.32 Å². The first kappa shape index (κ1) is 19.7. The summed E-state index contributed by atoms with van der Waals surface area (Å²) in [6, 6.07) is 6.98. The van der Waals surface area contributed by atoms with Gasteiger partial charge in [0.2, 0.25) is 11.8 Å². The third kappa shape index (κ3) is 3.27. The van der Waals surface area contributed by atoms with Crippen LogP contribution in [-0.2, 0) is 29.2 Å². The zero-order valence-corrected chi connectivity index (χ0v) is 17.0. The predicted octanol–water partition coefficient (Wildman–Crippen LogP) is 2.40. The number of amides is 4. The topological polar surface area (TPSA) is 86.8 Å². The first-order valence-corrected chi connectivity index (χ1v) is 10.2. The Hall–Kier alpha value is -3.26. The molecule has 1 unspecified atom stereocenters. The van der Waals surface area contributed by atoms with Crippen molar-refractivity contribution in [1.82, 2.24) is 15.1 Å². The summed E-state index contributed by atoms with van der Waals surface area (Å²) in [4.78, 5) is 52.3. The van der Waals surface area contributed by atoms with Gasteiger partial charge in [0, 0.05) is 47.8 Å². The van der Waals surface area contributed by atoms with Crippen molar-refractivity contribution < 1.29 is 23.6 Å². The SMILES string of the molecule is O=C1CCC(N2Cc3cc(C(=O)N4Cc5cc(Cl)cc(F)c5C4)ccc3C2=O)C(=O)N1. The molecule has 3 aliphatic heterocycles. The van der Waals surface area contributed by atoms with Gasteiger partial charge in [0.15, 0.2) is 0 Å². The molecule has 5 rings (SSSR count). The van der Waals surface area contributed by atoms with E-state index in [1.807, 2.05) is 0 Å². The van der Waals surface area contributed by atoms with Crippen LogP contribution in [0.1, 0.15) is 50.2 Å². The monoisotopic (exact) mass is 441 g/mol. The molecule has 0 bridgehead atoms. The van der Waals surface area contributed by atoms with Crippen LogP contribution in [0.25, 0.3) is 0 Å². The summed E-state index contributed by atoms with van der Waals surface area (Å²) >= 11 is 5.92. The second kappa shape index (κ2) is 7.16. The van der Waals surface area contributed by atoms with Crippen LogP contribution in [-0.4, -0.2) is 39.5 Å². The molecule has 0 aliphatic carbocycles. The van der Waals surface area contributed by atoms with Crippen LogP contribution in [0.15, 0.2) is 30.3 Å². The van der Waals surface area contributed by atoms with Gasteiger partial charge >= 0.3 is 0 Å². The number of nitrogens with one attached hydrogen (secondary N) is 1. The summed E-state index contributed by atoms with van der Waals surface area (Å²) < 4.78 is 14.2. The number of carbonyl (C=O) groups excluding carboxylic acids is 4. The molecule has 1 saturated heterocycles. The van der Waals surface area contributed by atoms with Gasteiger partial charge in [-0.25, -0.2) is 4.39 Å². The van der Waals surface area contributed by atoms with Crippen LogP contribution in [0.3, 0.4) is 0 Å². The van der Waals surface area contributed by atoms with Crippen molar-refractivity contribution in [3.63, 3.8) is 0 Å². The Morgan fingerprint density at radius 3 is 2.65 bits per heavy atom. The summed E-state index contributed by atoms with van der Waals surface area (Å²) in [5.74, 6) is -1.83. The molecule has 2 aromatic carbocycles. The van der Waals surface area contributed by atoms with Gasteiger partial charge in [-0.3, -0.25) is 24.5 Å². The van der Waals surface area contributed by atoms with Gasteiger partial charge in [-0.05, 0) is 47.9 Å². The van der Waals surface area contributed by atoms with Gasteiger partial charge < -0.3 is 9.80 Å². The zero-order valence-electron chi connectivity index (χ0n) is 16.3. The minimum absolute atomic E-state index is 0.148. The molecule has 2 aromatic rings. The van der Waals surface area contributed by atoms with Crippen molar-refractivity contribution >= 4 is 35.2 Å². The first-order chi connectivity index (χ1) is 14.8. The Labute approximate surface area is 181 Å². The lowest BCUT2D eigenvalue weighted by molar-refractivity contribution is -0.136. The Morgan fingerprint density at radius 2 is 1.87 bits per heavy atom. The Bertz CT molecular complexity index is 1180. The lowest BCUT2D eigenvalue weighted by atomic mass is 10.0. The van der Waals surface area contributed by atoms with Crippen molar-refractivity contribution in [1.29, 1.82) is 0 Å². The maximum Gasteiger partial charge on any atom is 0.255 e. The van der Waals surface area contributed by atoms with Gasteiger partial charge in [0.1, 0.15) is 11.9 Å². The molecule has 31 heavy (non-hydrogen) atoms. The molecular formula is C22H17ClFN3O4. The summed E-state index contributed by atoms with van der Waals surface area (Å²) in [5, 5.41) is 2.55. The highest BCUT2D eigenvalue weighted by Gasteiger charge is 2.39. The van der Waals surface area contributed by atoms with Gasteiger partial charge in [0.05, 0.1) is 0 Å². The maximum absolute atomic E-state index is 14.2. The number of rotatable bonds is 2. The van der Waals surface area contributed by atoms with E-state index in [0.29, 0.717) is 27.8 Å². The first-order valence-electron chi connectivity index (χ1n) is 9.85. The quantitative estimate of drug-likeness (QED) is 0.725. The number of piperidine rings is 1. The van der Waals surface area contributed by atoms with Crippen molar-refractivity contribution in [3.05, 3.63) is 69.0 Å². The van der Waals surface area contributed by atoms with E-state index >= 15 is 0 Å². The molecule has 1 atom stereocenters.